The minimum absolute atomic E-state index is 0.160. The number of amides is 2. The lowest BCUT2D eigenvalue weighted by Crippen LogP contribution is -2.45. The second kappa shape index (κ2) is 6.01. The van der Waals surface area contributed by atoms with Crippen molar-refractivity contribution in [2.24, 2.45) is 0 Å². The maximum atomic E-state index is 11.3. The first-order valence-electron chi connectivity index (χ1n) is 5.24. The second-order valence-electron chi connectivity index (χ2n) is 4.08. The maximum Gasteiger partial charge on any atom is 0.315 e. The molecule has 4 N–H and O–H groups in total. The Kier molecular flexibility index (Phi) is 4.67. The maximum absolute atomic E-state index is 11.3. The number of aliphatic carboxylic acids is 1. The van der Waals surface area contributed by atoms with Crippen molar-refractivity contribution in [3.8, 4) is 0 Å². The summed E-state index contributed by atoms with van der Waals surface area (Å²) in [6.45, 7) is 1.33. The Bertz CT molecular complexity index is 402. The highest BCUT2D eigenvalue weighted by Gasteiger charge is 2.24. The molecular weight excluding hydrogens is 242 g/mol. The van der Waals surface area contributed by atoms with Crippen LogP contribution in [0.1, 0.15) is 19.1 Å². The number of urea groups is 1. The summed E-state index contributed by atoms with van der Waals surface area (Å²) in [5.41, 5.74) is -1.49. The van der Waals surface area contributed by atoms with E-state index in [2.05, 4.69) is 15.8 Å². The zero-order chi connectivity index (χ0) is 13.6. The third-order valence-electron chi connectivity index (χ3n) is 2.08. The number of hydrogen-bond acceptors (Lipinski definition) is 5. The van der Waals surface area contributed by atoms with Crippen molar-refractivity contribution >= 4 is 12.0 Å². The molecule has 0 aliphatic heterocycles. The van der Waals surface area contributed by atoms with E-state index in [0.717, 1.165) is 0 Å². The third kappa shape index (κ3) is 5.30. The number of nitrogens with one attached hydrogen (secondary N) is 2. The van der Waals surface area contributed by atoms with Crippen LogP contribution in [0.3, 0.4) is 0 Å². The summed E-state index contributed by atoms with van der Waals surface area (Å²) >= 11 is 0. The van der Waals surface area contributed by atoms with Crippen LogP contribution in [-0.4, -0.2) is 39.5 Å². The van der Waals surface area contributed by atoms with Crippen LogP contribution in [0.25, 0.3) is 0 Å². The molecule has 8 nitrogen and oxygen atoms in total. The van der Waals surface area contributed by atoms with Gasteiger partial charge in [-0.15, -0.1) is 0 Å². The first-order valence-corrected chi connectivity index (χ1v) is 5.24. The lowest BCUT2D eigenvalue weighted by atomic mass is 10.0. The molecule has 0 aliphatic carbocycles. The van der Waals surface area contributed by atoms with Crippen LogP contribution in [0.15, 0.2) is 16.8 Å². The Morgan fingerprint density at radius 3 is 2.78 bits per heavy atom. The van der Waals surface area contributed by atoms with Crippen molar-refractivity contribution in [2.75, 3.05) is 6.54 Å². The molecule has 0 saturated heterocycles. The van der Waals surface area contributed by atoms with Gasteiger partial charge in [-0.25, -0.2) is 4.79 Å². The summed E-state index contributed by atoms with van der Waals surface area (Å²) in [5.74, 6) is -0.647. The van der Waals surface area contributed by atoms with Crippen molar-refractivity contribution in [3.63, 3.8) is 0 Å². The number of carbonyl (C=O) groups is 2. The molecule has 0 saturated carbocycles. The molecule has 1 unspecified atom stereocenters. The van der Waals surface area contributed by atoms with Gasteiger partial charge in [0.15, 0.2) is 5.76 Å². The first kappa shape index (κ1) is 14.0. The minimum Gasteiger partial charge on any atom is -0.481 e. The smallest absolute Gasteiger partial charge is 0.315 e. The molecule has 1 aromatic rings. The highest BCUT2D eigenvalue weighted by atomic mass is 16.5. The molecule has 0 aliphatic rings. The molecule has 8 heteroatoms. The molecule has 0 radical (unpaired) electrons. The molecule has 0 aromatic carbocycles. The van der Waals surface area contributed by atoms with Crippen LogP contribution in [0.5, 0.6) is 0 Å². The number of nitrogens with zero attached hydrogens (tertiary/aromatic N) is 1. The van der Waals surface area contributed by atoms with E-state index < -0.39 is 24.0 Å². The molecule has 1 heterocycles. The van der Waals surface area contributed by atoms with Gasteiger partial charge in [-0.1, -0.05) is 5.16 Å². The molecule has 2 amide bonds. The van der Waals surface area contributed by atoms with E-state index >= 15 is 0 Å². The molecule has 1 rings (SSSR count). The average molecular weight is 257 g/mol. The van der Waals surface area contributed by atoms with Crippen LogP contribution in [0.4, 0.5) is 4.79 Å². The van der Waals surface area contributed by atoms with Crippen molar-refractivity contribution in [2.45, 2.75) is 25.5 Å². The monoisotopic (exact) mass is 257 g/mol. The first-order chi connectivity index (χ1) is 8.39. The summed E-state index contributed by atoms with van der Waals surface area (Å²) in [6, 6.07) is 1.07. The molecule has 1 aromatic heterocycles. The van der Waals surface area contributed by atoms with E-state index in [4.69, 9.17) is 9.63 Å². The minimum atomic E-state index is -1.49. The summed E-state index contributed by atoms with van der Waals surface area (Å²) < 4.78 is 4.76. The topological polar surface area (TPSA) is 125 Å². The Balaban J connectivity index is 2.26. The van der Waals surface area contributed by atoms with Gasteiger partial charge in [0, 0.05) is 12.6 Å². The van der Waals surface area contributed by atoms with Gasteiger partial charge >= 0.3 is 12.0 Å². The third-order valence-corrected chi connectivity index (χ3v) is 2.08. The van der Waals surface area contributed by atoms with Crippen molar-refractivity contribution in [3.05, 3.63) is 18.0 Å². The van der Waals surface area contributed by atoms with Gasteiger partial charge in [0.25, 0.3) is 0 Å². The summed E-state index contributed by atoms with van der Waals surface area (Å²) in [7, 11) is 0. The SMILES string of the molecule is CC(O)(CNC(=O)NCc1ccno1)CC(=O)O. The van der Waals surface area contributed by atoms with Gasteiger partial charge in [-0.3, -0.25) is 4.79 Å². The van der Waals surface area contributed by atoms with Crippen molar-refractivity contribution in [1.29, 1.82) is 0 Å². The van der Waals surface area contributed by atoms with E-state index in [1.807, 2.05) is 0 Å². The van der Waals surface area contributed by atoms with Gasteiger partial charge in [0.05, 0.1) is 24.8 Å². The number of hydrogen-bond donors (Lipinski definition) is 4. The predicted octanol–water partition coefficient (Wildman–Crippen LogP) is -0.301. The second-order valence-corrected chi connectivity index (χ2v) is 4.08. The van der Waals surface area contributed by atoms with Gasteiger partial charge in [0.2, 0.25) is 0 Å². The number of rotatable bonds is 6. The van der Waals surface area contributed by atoms with Crippen molar-refractivity contribution < 1.29 is 24.3 Å². The fourth-order valence-corrected chi connectivity index (χ4v) is 1.22. The lowest BCUT2D eigenvalue weighted by molar-refractivity contribution is -0.141. The standard InChI is InChI=1S/C10H15N3O5/c1-10(17,4-8(14)15)6-12-9(16)11-5-7-2-3-13-18-7/h2-3,17H,4-6H2,1H3,(H,14,15)(H2,11,12,16). The Labute approximate surface area is 103 Å². The molecule has 0 spiro atoms. The fourth-order valence-electron chi connectivity index (χ4n) is 1.22. The van der Waals surface area contributed by atoms with Gasteiger partial charge in [0.1, 0.15) is 0 Å². The lowest BCUT2D eigenvalue weighted by Gasteiger charge is -2.21. The molecular formula is C10H15N3O5. The number of aliphatic hydroxyl groups is 1. The highest BCUT2D eigenvalue weighted by Crippen LogP contribution is 2.07. The largest absolute Gasteiger partial charge is 0.481 e. The molecule has 100 valence electrons. The zero-order valence-corrected chi connectivity index (χ0v) is 9.84. The summed E-state index contributed by atoms with van der Waals surface area (Å²) in [5, 5.41) is 26.5. The number of carbonyl (C=O) groups excluding carboxylic acids is 1. The molecule has 0 bridgehead atoms. The summed E-state index contributed by atoms with van der Waals surface area (Å²) in [6.07, 6.45) is 1.00. The van der Waals surface area contributed by atoms with Crippen LogP contribution >= 0.6 is 0 Å². The van der Waals surface area contributed by atoms with Gasteiger partial charge < -0.3 is 25.4 Å². The van der Waals surface area contributed by atoms with Crippen molar-refractivity contribution in [1.82, 2.24) is 15.8 Å². The van der Waals surface area contributed by atoms with Crippen LogP contribution in [-0.2, 0) is 11.3 Å². The Morgan fingerprint density at radius 2 is 2.22 bits per heavy atom. The van der Waals surface area contributed by atoms with Gasteiger partial charge in [-0.05, 0) is 6.92 Å². The molecule has 0 fully saturated rings. The number of aromatic nitrogens is 1. The van der Waals surface area contributed by atoms with Gasteiger partial charge in [-0.2, -0.15) is 0 Å². The highest BCUT2D eigenvalue weighted by molar-refractivity contribution is 5.74. The normalized spacial score (nSPS) is 13.7. The predicted molar refractivity (Wildman–Crippen MR) is 59.6 cm³/mol. The van der Waals surface area contributed by atoms with Crippen LogP contribution in [0, 0.1) is 0 Å². The molecule has 18 heavy (non-hydrogen) atoms. The number of carboxylic acids is 1. The Hall–Kier alpha value is -2.09. The van der Waals surface area contributed by atoms with Crippen LogP contribution in [0.2, 0.25) is 0 Å². The average Bonchev–Trinajstić information content (AvgIpc) is 2.74. The van der Waals surface area contributed by atoms with E-state index in [0.29, 0.717) is 5.76 Å². The van der Waals surface area contributed by atoms with Crippen LogP contribution < -0.4 is 10.6 Å². The fraction of sp³-hybridized carbons (Fsp3) is 0.500. The quantitative estimate of drug-likeness (QED) is 0.554. The zero-order valence-electron chi connectivity index (χ0n) is 9.84. The van der Waals surface area contributed by atoms with E-state index in [1.54, 1.807) is 6.07 Å². The van der Waals surface area contributed by atoms with E-state index in [9.17, 15) is 14.7 Å². The molecule has 1 atom stereocenters. The van der Waals surface area contributed by atoms with E-state index in [-0.39, 0.29) is 13.1 Å². The Morgan fingerprint density at radius 1 is 1.50 bits per heavy atom. The van der Waals surface area contributed by atoms with E-state index in [1.165, 1.54) is 13.1 Å². The number of carboxylic acid groups (broad SMARTS) is 1. The summed E-state index contributed by atoms with van der Waals surface area (Å²) in [4.78, 5) is 21.8.